The van der Waals surface area contributed by atoms with E-state index >= 15 is 0 Å². The molecule has 2 nitrogen and oxygen atoms in total. The van der Waals surface area contributed by atoms with Crippen molar-refractivity contribution in [2.75, 3.05) is 0 Å². The Morgan fingerprint density at radius 2 is 1.31 bits per heavy atom. The van der Waals surface area contributed by atoms with Gasteiger partial charge in [0.25, 0.3) is 0 Å². The zero-order valence-electron chi connectivity index (χ0n) is 6.60. The molecule has 0 fully saturated rings. The third-order valence-electron chi connectivity index (χ3n) is 1.08. The van der Waals surface area contributed by atoms with Crippen molar-refractivity contribution in [3.8, 4) is 0 Å². The lowest BCUT2D eigenvalue weighted by Crippen LogP contribution is -2.10. The first-order valence-electron chi connectivity index (χ1n) is 2.70. The smallest absolute Gasteiger partial charge is 0.122 e. The van der Waals surface area contributed by atoms with E-state index in [0.717, 1.165) is 5.56 Å². The molecule has 1 aromatic carbocycles. The highest BCUT2D eigenvalue weighted by molar-refractivity contribution is 5.94. The quantitative estimate of drug-likeness (QED) is 0.595. The molecule has 3 N–H and O–H groups in total. The van der Waals surface area contributed by atoms with Crippen molar-refractivity contribution in [2.24, 2.45) is 5.73 Å². The molecule has 0 bridgehead atoms. The van der Waals surface area contributed by atoms with E-state index in [1.54, 1.807) is 0 Å². The van der Waals surface area contributed by atoms with Gasteiger partial charge < -0.3 is 5.73 Å². The van der Waals surface area contributed by atoms with Gasteiger partial charge in [-0.2, -0.15) is 0 Å². The number of nitrogens with two attached hydrogens (primary N) is 1. The van der Waals surface area contributed by atoms with E-state index < -0.39 is 0 Å². The maximum absolute atomic E-state index is 7.01. The van der Waals surface area contributed by atoms with Gasteiger partial charge >= 0.3 is 0 Å². The zero-order valence-corrected chi connectivity index (χ0v) is 9.86. The van der Waals surface area contributed by atoms with Crippen molar-refractivity contribution in [1.82, 2.24) is 0 Å². The van der Waals surface area contributed by atoms with E-state index in [4.69, 9.17) is 11.1 Å². The van der Waals surface area contributed by atoms with Crippen LogP contribution >= 0.6 is 49.6 Å². The molecule has 0 aliphatic carbocycles. The van der Waals surface area contributed by atoms with E-state index in [2.05, 4.69) is 0 Å². The summed E-state index contributed by atoms with van der Waals surface area (Å²) in [6, 6.07) is 9.23. The maximum atomic E-state index is 7.01. The topological polar surface area (TPSA) is 49.9 Å². The number of hydrogen-bond acceptors (Lipinski definition) is 1. The first-order chi connectivity index (χ1) is 4.30. The van der Waals surface area contributed by atoms with Gasteiger partial charge in [-0.1, -0.05) is 30.3 Å². The van der Waals surface area contributed by atoms with Crippen LogP contribution < -0.4 is 5.73 Å². The molecule has 1 rings (SSSR count). The standard InChI is InChI=1S/C7H8N2.4ClH/c8-7(9)6-4-2-1-3-5-6;;;;/h1-5H,(H3,8,9);4*1H. The van der Waals surface area contributed by atoms with Gasteiger partial charge in [-0.3, -0.25) is 5.41 Å². The van der Waals surface area contributed by atoms with Crippen molar-refractivity contribution >= 4 is 55.5 Å². The first kappa shape index (κ1) is 23.0. The van der Waals surface area contributed by atoms with Crippen LogP contribution in [-0.2, 0) is 0 Å². The molecule has 0 amide bonds. The second-order valence-electron chi connectivity index (χ2n) is 1.78. The van der Waals surface area contributed by atoms with E-state index in [0.29, 0.717) is 0 Å². The fraction of sp³-hybridized carbons (Fsp3) is 0. The minimum atomic E-state index is 0. The SMILES string of the molecule is Cl.Cl.Cl.Cl.N=C(N)c1ccccc1. The van der Waals surface area contributed by atoms with Gasteiger partial charge in [-0.05, 0) is 0 Å². The number of halogens is 4. The summed E-state index contributed by atoms with van der Waals surface area (Å²) in [6.45, 7) is 0. The van der Waals surface area contributed by atoms with Crippen LogP contribution in [0.4, 0.5) is 0 Å². The van der Waals surface area contributed by atoms with Crippen LogP contribution in [0.2, 0.25) is 0 Å². The summed E-state index contributed by atoms with van der Waals surface area (Å²) in [4.78, 5) is 0. The van der Waals surface area contributed by atoms with Crippen LogP contribution in [-0.4, -0.2) is 5.84 Å². The fourth-order valence-corrected chi connectivity index (χ4v) is 0.618. The molecular formula is C7H12Cl4N2. The summed E-state index contributed by atoms with van der Waals surface area (Å²) >= 11 is 0. The van der Waals surface area contributed by atoms with Gasteiger partial charge in [0.2, 0.25) is 0 Å². The number of rotatable bonds is 1. The number of amidine groups is 1. The number of nitrogens with one attached hydrogen (secondary N) is 1. The van der Waals surface area contributed by atoms with E-state index in [1.807, 2.05) is 30.3 Å². The Labute approximate surface area is 102 Å². The average Bonchev–Trinajstić information content (AvgIpc) is 1.90. The molecule has 0 aliphatic rings. The molecule has 0 radical (unpaired) electrons. The highest BCUT2D eigenvalue weighted by atomic mass is 35.5. The van der Waals surface area contributed by atoms with Crippen molar-refractivity contribution in [2.45, 2.75) is 0 Å². The van der Waals surface area contributed by atoms with Crippen LogP contribution in [0.3, 0.4) is 0 Å². The molecule has 0 saturated carbocycles. The lowest BCUT2D eigenvalue weighted by molar-refractivity contribution is 1.42. The molecule has 0 heterocycles. The van der Waals surface area contributed by atoms with Crippen LogP contribution in [0.15, 0.2) is 30.3 Å². The van der Waals surface area contributed by atoms with Gasteiger partial charge in [0.05, 0.1) is 0 Å². The monoisotopic (exact) mass is 264 g/mol. The molecule has 1 aromatic rings. The van der Waals surface area contributed by atoms with Crippen LogP contribution in [0.25, 0.3) is 0 Å². The Balaban J connectivity index is -0.000000101. The van der Waals surface area contributed by atoms with Crippen LogP contribution in [0.5, 0.6) is 0 Å². The van der Waals surface area contributed by atoms with Gasteiger partial charge in [-0.25, -0.2) is 0 Å². The first-order valence-corrected chi connectivity index (χ1v) is 2.70. The van der Waals surface area contributed by atoms with E-state index in [9.17, 15) is 0 Å². The van der Waals surface area contributed by atoms with Gasteiger partial charge in [0.1, 0.15) is 5.84 Å². The molecule has 0 unspecified atom stereocenters. The predicted octanol–water partition coefficient (Wildman–Crippen LogP) is 2.66. The maximum Gasteiger partial charge on any atom is 0.122 e. The summed E-state index contributed by atoms with van der Waals surface area (Å²) in [6.07, 6.45) is 0. The number of nitrogen functional groups attached to an aromatic ring is 1. The van der Waals surface area contributed by atoms with Crippen molar-refractivity contribution < 1.29 is 0 Å². The molecule has 0 spiro atoms. The van der Waals surface area contributed by atoms with E-state index in [1.165, 1.54) is 0 Å². The van der Waals surface area contributed by atoms with Gasteiger partial charge in [0, 0.05) is 5.56 Å². The number of hydrogen-bond donors (Lipinski definition) is 2. The average molecular weight is 266 g/mol. The summed E-state index contributed by atoms with van der Waals surface area (Å²) in [5.41, 5.74) is 5.97. The largest absolute Gasteiger partial charge is 0.384 e. The molecule has 0 aliphatic heterocycles. The Morgan fingerprint density at radius 1 is 0.923 bits per heavy atom. The third-order valence-corrected chi connectivity index (χ3v) is 1.08. The molecule has 13 heavy (non-hydrogen) atoms. The van der Waals surface area contributed by atoms with Crippen LogP contribution in [0, 0.1) is 5.41 Å². The van der Waals surface area contributed by atoms with E-state index in [-0.39, 0.29) is 55.5 Å². The fourth-order valence-electron chi connectivity index (χ4n) is 0.618. The summed E-state index contributed by atoms with van der Waals surface area (Å²) in [7, 11) is 0. The summed E-state index contributed by atoms with van der Waals surface area (Å²) in [5.74, 6) is 0.121. The highest BCUT2D eigenvalue weighted by Crippen LogP contribution is 1.94. The van der Waals surface area contributed by atoms with Crippen LogP contribution in [0.1, 0.15) is 5.56 Å². The molecule has 0 saturated heterocycles. The molecular weight excluding hydrogens is 254 g/mol. The zero-order chi connectivity index (χ0) is 6.69. The Kier molecular flexibility index (Phi) is 21.0. The summed E-state index contributed by atoms with van der Waals surface area (Å²) < 4.78 is 0. The Hall–Kier alpha value is -0.150. The lowest BCUT2D eigenvalue weighted by atomic mass is 10.2. The highest BCUT2D eigenvalue weighted by Gasteiger charge is 1.89. The molecule has 78 valence electrons. The van der Waals surface area contributed by atoms with Crippen molar-refractivity contribution in [3.63, 3.8) is 0 Å². The second-order valence-corrected chi connectivity index (χ2v) is 1.78. The Morgan fingerprint density at radius 3 is 1.54 bits per heavy atom. The molecule has 0 atom stereocenters. The molecule has 0 aromatic heterocycles. The minimum Gasteiger partial charge on any atom is -0.384 e. The summed E-state index contributed by atoms with van der Waals surface area (Å²) in [5, 5.41) is 7.01. The third kappa shape index (κ3) is 8.19. The predicted molar refractivity (Wildman–Crippen MR) is 66.5 cm³/mol. The van der Waals surface area contributed by atoms with Gasteiger partial charge in [-0.15, -0.1) is 49.6 Å². The second kappa shape index (κ2) is 11.8. The molecule has 6 heteroatoms. The van der Waals surface area contributed by atoms with Crippen molar-refractivity contribution in [1.29, 1.82) is 5.41 Å². The lowest BCUT2D eigenvalue weighted by Gasteiger charge is -1.93. The Bertz CT molecular complexity index is 215. The number of benzene rings is 1. The minimum absolute atomic E-state index is 0. The van der Waals surface area contributed by atoms with Crippen molar-refractivity contribution in [3.05, 3.63) is 35.9 Å². The van der Waals surface area contributed by atoms with Gasteiger partial charge in [0.15, 0.2) is 0 Å². The normalized spacial score (nSPS) is 6.15.